The van der Waals surface area contributed by atoms with E-state index in [4.69, 9.17) is 5.73 Å². The Kier molecular flexibility index (Phi) is 5.81. The zero-order valence-corrected chi connectivity index (χ0v) is 16.4. The van der Waals surface area contributed by atoms with Crippen molar-refractivity contribution in [1.82, 2.24) is 4.31 Å². The van der Waals surface area contributed by atoms with Crippen molar-refractivity contribution >= 4 is 27.5 Å². The number of piperidine rings is 1. The van der Waals surface area contributed by atoms with Gasteiger partial charge in [-0.3, -0.25) is 9.59 Å². The number of amides is 2. The second-order valence-electron chi connectivity index (χ2n) is 6.89. The third-order valence-electron chi connectivity index (χ3n) is 4.93. The van der Waals surface area contributed by atoms with Crippen molar-refractivity contribution < 1.29 is 18.0 Å². The first-order chi connectivity index (χ1) is 13.3. The number of carbonyl (C=O) groups is 2. The van der Waals surface area contributed by atoms with E-state index in [0.717, 1.165) is 5.56 Å². The summed E-state index contributed by atoms with van der Waals surface area (Å²) in [5, 5.41) is 2.75. The van der Waals surface area contributed by atoms with Gasteiger partial charge in [-0.05, 0) is 44.0 Å². The molecule has 0 saturated carbocycles. The number of carbonyl (C=O) groups excluding carboxylic acids is 2. The molecule has 7 nitrogen and oxygen atoms in total. The van der Waals surface area contributed by atoms with Gasteiger partial charge >= 0.3 is 0 Å². The predicted molar refractivity (Wildman–Crippen MR) is 106 cm³/mol. The van der Waals surface area contributed by atoms with Gasteiger partial charge in [0, 0.05) is 19.0 Å². The smallest absolute Gasteiger partial charge is 0.250 e. The maximum Gasteiger partial charge on any atom is 0.250 e. The third kappa shape index (κ3) is 4.23. The number of rotatable bonds is 5. The normalized spacial score (nSPS) is 15.9. The molecular weight excluding hydrogens is 378 g/mol. The molecule has 0 aromatic heterocycles. The highest BCUT2D eigenvalue weighted by atomic mass is 32.2. The highest BCUT2D eigenvalue weighted by Crippen LogP contribution is 2.25. The van der Waals surface area contributed by atoms with E-state index in [9.17, 15) is 18.0 Å². The summed E-state index contributed by atoms with van der Waals surface area (Å²) < 4.78 is 26.9. The van der Waals surface area contributed by atoms with Gasteiger partial charge in [0.1, 0.15) is 0 Å². The first-order valence-corrected chi connectivity index (χ1v) is 10.5. The van der Waals surface area contributed by atoms with Gasteiger partial charge in [-0.2, -0.15) is 4.31 Å². The Bertz CT molecular complexity index is 979. The van der Waals surface area contributed by atoms with E-state index in [0.29, 0.717) is 18.5 Å². The first kappa shape index (κ1) is 20.0. The van der Waals surface area contributed by atoms with Crippen LogP contribution in [0, 0.1) is 12.8 Å². The van der Waals surface area contributed by atoms with E-state index >= 15 is 0 Å². The van der Waals surface area contributed by atoms with E-state index in [1.54, 1.807) is 48.5 Å². The number of sulfonamides is 1. The Balaban J connectivity index is 1.64. The lowest BCUT2D eigenvalue weighted by Gasteiger charge is -2.30. The van der Waals surface area contributed by atoms with Crippen LogP contribution >= 0.6 is 0 Å². The average molecular weight is 401 g/mol. The van der Waals surface area contributed by atoms with Crippen LogP contribution in [0.4, 0.5) is 5.69 Å². The molecule has 8 heteroatoms. The van der Waals surface area contributed by atoms with Crippen LogP contribution in [-0.4, -0.2) is 37.6 Å². The summed E-state index contributed by atoms with van der Waals surface area (Å²) in [4.78, 5) is 24.3. The summed E-state index contributed by atoms with van der Waals surface area (Å²) in [7, 11) is -3.56. The van der Waals surface area contributed by atoms with Gasteiger partial charge in [-0.1, -0.05) is 29.8 Å². The molecule has 2 amide bonds. The minimum Gasteiger partial charge on any atom is -0.366 e. The van der Waals surface area contributed by atoms with Gasteiger partial charge in [-0.25, -0.2) is 8.42 Å². The molecular formula is C20H23N3O4S. The number of para-hydroxylation sites is 1. The Morgan fingerprint density at radius 1 is 1.04 bits per heavy atom. The minimum atomic E-state index is -3.56. The van der Waals surface area contributed by atoms with Crippen LogP contribution in [0.25, 0.3) is 0 Å². The quantitative estimate of drug-likeness (QED) is 0.800. The van der Waals surface area contributed by atoms with Crippen molar-refractivity contribution in [2.45, 2.75) is 24.7 Å². The molecule has 0 spiro atoms. The van der Waals surface area contributed by atoms with Crippen molar-refractivity contribution in [3.05, 3.63) is 59.7 Å². The van der Waals surface area contributed by atoms with E-state index in [-0.39, 0.29) is 35.4 Å². The summed E-state index contributed by atoms with van der Waals surface area (Å²) in [6, 6.07) is 13.3. The molecule has 0 bridgehead atoms. The highest BCUT2D eigenvalue weighted by Gasteiger charge is 2.32. The number of anilines is 1. The molecule has 148 valence electrons. The van der Waals surface area contributed by atoms with Gasteiger partial charge in [0.15, 0.2) is 0 Å². The Hall–Kier alpha value is -2.71. The van der Waals surface area contributed by atoms with E-state index in [1.165, 1.54) is 4.31 Å². The number of aryl methyl sites for hydroxylation is 1. The van der Waals surface area contributed by atoms with Crippen LogP contribution in [-0.2, 0) is 14.8 Å². The molecule has 0 aliphatic carbocycles. The maximum absolute atomic E-state index is 12.8. The summed E-state index contributed by atoms with van der Waals surface area (Å²) in [5.74, 6) is -1.18. The maximum atomic E-state index is 12.8. The molecule has 0 unspecified atom stereocenters. The van der Waals surface area contributed by atoms with E-state index in [2.05, 4.69) is 5.32 Å². The number of nitrogens with two attached hydrogens (primary N) is 1. The lowest BCUT2D eigenvalue weighted by molar-refractivity contribution is -0.120. The predicted octanol–water partition coefficient (Wildman–Crippen LogP) is 2.13. The van der Waals surface area contributed by atoms with Crippen molar-refractivity contribution in [2.24, 2.45) is 11.7 Å². The van der Waals surface area contributed by atoms with E-state index < -0.39 is 15.9 Å². The van der Waals surface area contributed by atoms with Crippen LogP contribution in [0.2, 0.25) is 0 Å². The Morgan fingerprint density at radius 3 is 2.25 bits per heavy atom. The molecule has 1 heterocycles. The molecule has 3 rings (SSSR count). The van der Waals surface area contributed by atoms with Crippen molar-refractivity contribution in [2.75, 3.05) is 18.4 Å². The van der Waals surface area contributed by atoms with Gasteiger partial charge < -0.3 is 11.1 Å². The molecule has 1 saturated heterocycles. The second-order valence-corrected chi connectivity index (χ2v) is 8.83. The van der Waals surface area contributed by atoms with Crippen molar-refractivity contribution in [3.63, 3.8) is 0 Å². The molecule has 28 heavy (non-hydrogen) atoms. The number of hydrogen-bond acceptors (Lipinski definition) is 4. The fourth-order valence-corrected chi connectivity index (χ4v) is 4.73. The fraction of sp³-hybridized carbons (Fsp3) is 0.300. The standard InChI is InChI=1S/C20H23N3O4S/c1-14-6-8-16(9-7-14)28(26,27)23-12-10-15(11-13-23)20(25)22-18-5-3-2-4-17(18)19(21)24/h2-9,15H,10-13H2,1H3,(H2,21,24)(H,22,25). The topological polar surface area (TPSA) is 110 Å². The monoisotopic (exact) mass is 401 g/mol. The van der Waals surface area contributed by atoms with Crippen molar-refractivity contribution in [1.29, 1.82) is 0 Å². The SMILES string of the molecule is Cc1ccc(S(=O)(=O)N2CCC(C(=O)Nc3ccccc3C(N)=O)CC2)cc1. The molecule has 0 radical (unpaired) electrons. The summed E-state index contributed by atoms with van der Waals surface area (Å²) in [6.45, 7) is 2.44. The number of benzene rings is 2. The minimum absolute atomic E-state index is 0.235. The zero-order chi connectivity index (χ0) is 20.3. The van der Waals surface area contributed by atoms with E-state index in [1.807, 2.05) is 6.92 Å². The Labute approximate surface area is 164 Å². The second kappa shape index (κ2) is 8.12. The summed E-state index contributed by atoms with van der Waals surface area (Å²) >= 11 is 0. The van der Waals surface area contributed by atoms with Crippen LogP contribution in [0.15, 0.2) is 53.4 Å². The molecule has 2 aromatic carbocycles. The number of primary amides is 1. The van der Waals surface area contributed by atoms with Crippen LogP contribution in [0.5, 0.6) is 0 Å². The van der Waals surface area contributed by atoms with Crippen molar-refractivity contribution in [3.8, 4) is 0 Å². The number of nitrogens with one attached hydrogen (secondary N) is 1. The summed E-state index contributed by atoms with van der Waals surface area (Å²) in [6.07, 6.45) is 0.825. The van der Waals surface area contributed by atoms with Gasteiger partial charge in [0.2, 0.25) is 15.9 Å². The van der Waals surface area contributed by atoms with Crippen LogP contribution in [0.1, 0.15) is 28.8 Å². The first-order valence-electron chi connectivity index (χ1n) is 9.05. The lowest BCUT2D eigenvalue weighted by Crippen LogP contribution is -2.41. The van der Waals surface area contributed by atoms with Gasteiger partial charge in [0.25, 0.3) is 5.91 Å². The van der Waals surface area contributed by atoms with Crippen LogP contribution < -0.4 is 11.1 Å². The third-order valence-corrected chi connectivity index (χ3v) is 6.85. The largest absolute Gasteiger partial charge is 0.366 e. The molecule has 3 N–H and O–H groups in total. The highest BCUT2D eigenvalue weighted by molar-refractivity contribution is 7.89. The van der Waals surface area contributed by atoms with Gasteiger partial charge in [-0.15, -0.1) is 0 Å². The molecule has 1 fully saturated rings. The zero-order valence-electron chi connectivity index (χ0n) is 15.6. The fourth-order valence-electron chi connectivity index (χ4n) is 3.26. The molecule has 1 aliphatic rings. The molecule has 1 aliphatic heterocycles. The molecule has 2 aromatic rings. The number of nitrogens with zero attached hydrogens (tertiary/aromatic N) is 1. The Morgan fingerprint density at radius 2 is 1.64 bits per heavy atom. The number of hydrogen-bond donors (Lipinski definition) is 2. The van der Waals surface area contributed by atoms with Crippen LogP contribution in [0.3, 0.4) is 0 Å². The molecule has 0 atom stereocenters. The summed E-state index contributed by atoms with van der Waals surface area (Å²) in [5.41, 5.74) is 6.94. The average Bonchev–Trinajstić information content (AvgIpc) is 2.68. The van der Waals surface area contributed by atoms with Gasteiger partial charge in [0.05, 0.1) is 16.1 Å². The lowest BCUT2D eigenvalue weighted by atomic mass is 9.97.